The third-order valence-corrected chi connectivity index (χ3v) is 1.74. The number of piperidine rings is 1. The van der Waals surface area contributed by atoms with Crippen LogP contribution in [0, 0.1) is 17.2 Å². The van der Waals surface area contributed by atoms with Crippen LogP contribution >= 0.6 is 12.2 Å². The van der Waals surface area contributed by atoms with Gasteiger partial charge in [0, 0.05) is 13.0 Å². The Kier molecular flexibility index (Phi) is 2.01. The van der Waals surface area contributed by atoms with Crippen molar-refractivity contribution in [1.29, 1.82) is 5.26 Å². The van der Waals surface area contributed by atoms with Gasteiger partial charge < -0.3 is 5.32 Å². The summed E-state index contributed by atoms with van der Waals surface area (Å²) in [5.74, 6) is 0.166. The van der Waals surface area contributed by atoms with E-state index >= 15 is 0 Å². The molecule has 2 nitrogen and oxygen atoms in total. The fourth-order valence-electron chi connectivity index (χ4n) is 0.894. The first-order chi connectivity index (χ1) is 4.33. The van der Waals surface area contributed by atoms with E-state index in [1.54, 1.807) is 0 Å². The summed E-state index contributed by atoms with van der Waals surface area (Å²) in [6, 6.07) is 2.21. The maximum absolute atomic E-state index is 8.47. The minimum absolute atomic E-state index is 0.166. The summed E-state index contributed by atoms with van der Waals surface area (Å²) in [7, 11) is 0. The molecule has 0 spiro atoms. The highest BCUT2D eigenvalue weighted by Crippen LogP contribution is 2.10. The Balaban J connectivity index is 2.43. The molecule has 48 valence electrons. The minimum atomic E-state index is 0.166. The predicted octanol–water partition coefficient (Wildman–Crippen LogP) is 0.837. The lowest BCUT2D eigenvalue weighted by Crippen LogP contribution is -2.31. The first-order valence-electron chi connectivity index (χ1n) is 2.99. The smallest absolute Gasteiger partial charge is 0.0766 e. The zero-order valence-corrected chi connectivity index (χ0v) is 5.87. The molecule has 0 aromatic heterocycles. The van der Waals surface area contributed by atoms with E-state index in [1.165, 1.54) is 0 Å². The molecule has 1 atom stereocenters. The summed E-state index contributed by atoms with van der Waals surface area (Å²) < 4.78 is 0. The van der Waals surface area contributed by atoms with Crippen LogP contribution in [0.4, 0.5) is 0 Å². The summed E-state index contributed by atoms with van der Waals surface area (Å²) in [6.07, 6.45) is 1.70. The van der Waals surface area contributed by atoms with Crippen LogP contribution in [0.1, 0.15) is 12.8 Å². The fourth-order valence-corrected chi connectivity index (χ4v) is 1.20. The highest BCUT2D eigenvalue weighted by atomic mass is 32.1. The largest absolute Gasteiger partial charge is 0.380 e. The second-order valence-electron chi connectivity index (χ2n) is 2.17. The van der Waals surface area contributed by atoms with Crippen molar-refractivity contribution >= 4 is 17.2 Å². The average Bonchev–Trinajstić information content (AvgIpc) is 1.88. The molecular formula is C6H8N2S. The van der Waals surface area contributed by atoms with Crippen LogP contribution in [-0.2, 0) is 0 Å². The van der Waals surface area contributed by atoms with Crippen LogP contribution in [0.25, 0.3) is 0 Å². The molecule has 0 aromatic carbocycles. The Morgan fingerprint density at radius 1 is 1.78 bits per heavy atom. The zero-order chi connectivity index (χ0) is 6.69. The molecule has 3 heteroatoms. The molecule has 1 fully saturated rings. The molecule has 0 aromatic rings. The Hall–Kier alpha value is -0.620. The highest BCUT2D eigenvalue weighted by Gasteiger charge is 2.14. The number of hydrogen-bond acceptors (Lipinski definition) is 2. The van der Waals surface area contributed by atoms with Crippen LogP contribution in [0.2, 0.25) is 0 Å². The lowest BCUT2D eigenvalue weighted by atomic mass is 10.0. The normalized spacial score (nSPS) is 26.6. The summed E-state index contributed by atoms with van der Waals surface area (Å²) in [5, 5.41) is 11.5. The van der Waals surface area contributed by atoms with Crippen LogP contribution < -0.4 is 5.32 Å². The van der Waals surface area contributed by atoms with Crippen molar-refractivity contribution in [3.8, 4) is 6.07 Å². The lowest BCUT2D eigenvalue weighted by molar-refractivity contribution is 0.572. The van der Waals surface area contributed by atoms with Gasteiger partial charge in [0.05, 0.1) is 17.0 Å². The Morgan fingerprint density at radius 3 is 3.00 bits per heavy atom. The molecule has 1 saturated heterocycles. The van der Waals surface area contributed by atoms with Crippen molar-refractivity contribution in [3.05, 3.63) is 0 Å². The summed E-state index contributed by atoms with van der Waals surface area (Å²) in [6.45, 7) is 0.872. The van der Waals surface area contributed by atoms with Gasteiger partial charge in [-0.25, -0.2) is 0 Å². The summed E-state index contributed by atoms with van der Waals surface area (Å²) in [4.78, 5) is 0.841. The van der Waals surface area contributed by atoms with E-state index in [0.717, 1.165) is 24.4 Å². The number of thiocarbonyl (C=S) groups is 1. The molecule has 1 heterocycles. The maximum atomic E-state index is 8.47. The van der Waals surface area contributed by atoms with Crippen LogP contribution in [-0.4, -0.2) is 11.5 Å². The molecule has 0 bridgehead atoms. The van der Waals surface area contributed by atoms with Gasteiger partial charge in [0.2, 0.25) is 0 Å². The molecule has 0 aliphatic carbocycles. The van der Waals surface area contributed by atoms with Crippen molar-refractivity contribution in [3.63, 3.8) is 0 Å². The number of nitrogens with zero attached hydrogens (tertiary/aromatic N) is 1. The summed E-state index contributed by atoms with van der Waals surface area (Å²) in [5.41, 5.74) is 0. The standard InChI is InChI=1S/C6H8N2S/c7-4-5-1-2-8-6(9)3-5/h5H,1-3H2,(H,8,9). The van der Waals surface area contributed by atoms with Crippen molar-refractivity contribution in [2.45, 2.75) is 12.8 Å². The highest BCUT2D eigenvalue weighted by molar-refractivity contribution is 7.80. The third kappa shape index (κ3) is 1.65. The van der Waals surface area contributed by atoms with Gasteiger partial charge in [-0.3, -0.25) is 0 Å². The lowest BCUT2D eigenvalue weighted by Gasteiger charge is -2.17. The first kappa shape index (κ1) is 6.50. The van der Waals surface area contributed by atoms with E-state index in [2.05, 4.69) is 11.4 Å². The van der Waals surface area contributed by atoms with E-state index in [0.29, 0.717) is 0 Å². The fraction of sp³-hybridized carbons (Fsp3) is 0.667. The van der Waals surface area contributed by atoms with E-state index < -0.39 is 0 Å². The quantitative estimate of drug-likeness (QED) is 0.506. The molecule has 9 heavy (non-hydrogen) atoms. The molecular weight excluding hydrogens is 132 g/mol. The van der Waals surface area contributed by atoms with Gasteiger partial charge in [-0.2, -0.15) is 5.26 Å². The molecule has 1 aliphatic heterocycles. The average molecular weight is 140 g/mol. The molecule has 1 rings (SSSR count). The van der Waals surface area contributed by atoms with Gasteiger partial charge in [-0.1, -0.05) is 12.2 Å². The van der Waals surface area contributed by atoms with Crippen molar-refractivity contribution < 1.29 is 0 Å². The molecule has 0 radical (unpaired) electrons. The van der Waals surface area contributed by atoms with Gasteiger partial charge in [-0.15, -0.1) is 0 Å². The first-order valence-corrected chi connectivity index (χ1v) is 3.40. The van der Waals surface area contributed by atoms with E-state index in [9.17, 15) is 0 Å². The molecule has 1 aliphatic rings. The van der Waals surface area contributed by atoms with Gasteiger partial charge in [0.25, 0.3) is 0 Å². The SMILES string of the molecule is N#CC1CCNC(=S)C1. The molecule has 0 saturated carbocycles. The van der Waals surface area contributed by atoms with Crippen LogP contribution in [0.3, 0.4) is 0 Å². The second kappa shape index (κ2) is 2.79. The molecule has 0 amide bonds. The van der Waals surface area contributed by atoms with Gasteiger partial charge >= 0.3 is 0 Å². The van der Waals surface area contributed by atoms with Crippen LogP contribution in [0.5, 0.6) is 0 Å². The molecule has 1 unspecified atom stereocenters. The van der Waals surface area contributed by atoms with Crippen LogP contribution in [0.15, 0.2) is 0 Å². The summed E-state index contributed by atoms with van der Waals surface area (Å²) >= 11 is 4.89. The number of hydrogen-bond donors (Lipinski definition) is 1. The maximum Gasteiger partial charge on any atom is 0.0766 e. The van der Waals surface area contributed by atoms with Gasteiger partial charge in [0.1, 0.15) is 0 Å². The number of rotatable bonds is 0. The van der Waals surface area contributed by atoms with Gasteiger partial charge in [0.15, 0.2) is 0 Å². The zero-order valence-electron chi connectivity index (χ0n) is 5.05. The van der Waals surface area contributed by atoms with Crippen molar-refractivity contribution in [2.24, 2.45) is 5.92 Å². The Morgan fingerprint density at radius 2 is 2.56 bits per heavy atom. The predicted molar refractivity (Wildman–Crippen MR) is 38.9 cm³/mol. The Labute approximate surface area is 59.9 Å². The topological polar surface area (TPSA) is 35.8 Å². The van der Waals surface area contributed by atoms with Crippen molar-refractivity contribution in [1.82, 2.24) is 5.32 Å². The van der Waals surface area contributed by atoms with E-state index in [1.807, 2.05) is 0 Å². The number of nitriles is 1. The Bertz CT molecular complexity index is 159. The number of nitrogens with one attached hydrogen (secondary N) is 1. The third-order valence-electron chi connectivity index (χ3n) is 1.43. The van der Waals surface area contributed by atoms with Gasteiger partial charge in [-0.05, 0) is 6.42 Å². The second-order valence-corrected chi connectivity index (χ2v) is 2.66. The van der Waals surface area contributed by atoms with Crippen molar-refractivity contribution in [2.75, 3.05) is 6.54 Å². The van der Waals surface area contributed by atoms with E-state index in [-0.39, 0.29) is 5.92 Å². The van der Waals surface area contributed by atoms with E-state index in [4.69, 9.17) is 17.5 Å². The molecule has 1 N–H and O–H groups in total. The monoisotopic (exact) mass is 140 g/mol. The minimum Gasteiger partial charge on any atom is -0.380 e.